The van der Waals surface area contributed by atoms with Crippen LogP contribution in [0.15, 0.2) is 36.0 Å². The zero-order chi connectivity index (χ0) is 18.1. The third-order valence-corrected chi connectivity index (χ3v) is 5.39. The fourth-order valence-corrected chi connectivity index (χ4v) is 4.06. The van der Waals surface area contributed by atoms with Crippen molar-refractivity contribution in [3.05, 3.63) is 36.0 Å². The van der Waals surface area contributed by atoms with Gasteiger partial charge < -0.3 is 20.7 Å². The largest absolute Gasteiger partial charge is 0.495 e. The van der Waals surface area contributed by atoms with Crippen LogP contribution in [0.3, 0.4) is 0 Å². The number of hydrogen-bond donors (Lipinski definition) is 2. The van der Waals surface area contributed by atoms with E-state index in [1.165, 1.54) is 0 Å². The number of hydrogen-bond acceptors (Lipinski definition) is 7. The summed E-state index contributed by atoms with van der Waals surface area (Å²) in [5, 5.41) is 5.95. The lowest BCUT2D eigenvalue weighted by Crippen LogP contribution is -2.40. The molecule has 0 spiro atoms. The Labute approximate surface area is 154 Å². The van der Waals surface area contributed by atoms with Gasteiger partial charge in [0.1, 0.15) is 28.8 Å². The highest BCUT2D eigenvalue weighted by molar-refractivity contribution is 7.16. The number of nitrogens with one attached hydrogen (secondary N) is 1. The topological polar surface area (TPSA) is 93.4 Å². The van der Waals surface area contributed by atoms with Crippen molar-refractivity contribution in [3.63, 3.8) is 0 Å². The number of ether oxygens (including phenoxy) is 1. The van der Waals surface area contributed by atoms with E-state index in [9.17, 15) is 4.79 Å². The van der Waals surface area contributed by atoms with Crippen LogP contribution >= 0.6 is 11.3 Å². The second-order valence-corrected chi connectivity index (χ2v) is 7.03. The van der Waals surface area contributed by atoms with Crippen molar-refractivity contribution < 1.29 is 9.53 Å². The first kappa shape index (κ1) is 16.6. The van der Waals surface area contributed by atoms with Crippen molar-refractivity contribution in [2.45, 2.75) is 18.9 Å². The first-order chi connectivity index (χ1) is 12.7. The van der Waals surface area contributed by atoms with E-state index in [1.807, 2.05) is 11.4 Å². The molecule has 3 aromatic rings. The van der Waals surface area contributed by atoms with Gasteiger partial charge in [0.15, 0.2) is 0 Å². The number of aromatic nitrogens is 2. The van der Waals surface area contributed by atoms with Crippen LogP contribution in [0, 0.1) is 0 Å². The molecule has 26 heavy (non-hydrogen) atoms. The Hall–Kier alpha value is -2.87. The molecule has 1 aliphatic heterocycles. The minimum Gasteiger partial charge on any atom is -0.495 e. The smallest absolute Gasteiger partial charge is 0.247 e. The minimum atomic E-state index is -0.267. The van der Waals surface area contributed by atoms with E-state index in [2.05, 4.69) is 20.2 Å². The number of thiophene rings is 1. The van der Waals surface area contributed by atoms with E-state index in [1.54, 1.807) is 43.0 Å². The zero-order valence-electron chi connectivity index (χ0n) is 14.3. The zero-order valence-corrected chi connectivity index (χ0v) is 15.1. The molecule has 1 aliphatic rings. The maximum Gasteiger partial charge on any atom is 0.247 e. The predicted octanol–water partition coefficient (Wildman–Crippen LogP) is 2.89. The van der Waals surface area contributed by atoms with E-state index in [-0.39, 0.29) is 11.9 Å². The molecule has 1 unspecified atom stereocenters. The van der Waals surface area contributed by atoms with Crippen molar-refractivity contribution in [3.8, 4) is 5.75 Å². The summed E-state index contributed by atoms with van der Waals surface area (Å²) in [6.07, 6.45) is 3.29. The molecule has 0 bridgehead atoms. The van der Waals surface area contributed by atoms with Gasteiger partial charge in [-0.05, 0) is 42.5 Å². The van der Waals surface area contributed by atoms with Crippen LogP contribution in [0.1, 0.15) is 12.8 Å². The Morgan fingerprint density at radius 1 is 1.38 bits per heavy atom. The SMILES string of the molecule is COc1ccc(NC(=O)C2CCCN2c2ncnc3sccc23)cc1N. The average molecular weight is 369 g/mol. The molecule has 3 heterocycles. The molecule has 1 aromatic carbocycles. The van der Waals surface area contributed by atoms with Crippen LogP contribution in [-0.2, 0) is 4.79 Å². The fraction of sp³-hybridized carbons (Fsp3) is 0.278. The van der Waals surface area contributed by atoms with Gasteiger partial charge in [0.05, 0.1) is 18.2 Å². The molecule has 1 amide bonds. The Kier molecular flexibility index (Phi) is 4.34. The number of carbonyl (C=O) groups excluding carboxylic acids is 1. The Morgan fingerprint density at radius 2 is 2.27 bits per heavy atom. The third-order valence-electron chi connectivity index (χ3n) is 4.57. The summed E-state index contributed by atoms with van der Waals surface area (Å²) in [6, 6.07) is 6.98. The number of amides is 1. The maximum absolute atomic E-state index is 12.9. The number of nitrogens with two attached hydrogens (primary N) is 1. The molecule has 7 nitrogen and oxygen atoms in total. The second kappa shape index (κ2) is 6.80. The predicted molar refractivity (Wildman–Crippen MR) is 104 cm³/mol. The van der Waals surface area contributed by atoms with Gasteiger partial charge in [-0.15, -0.1) is 11.3 Å². The summed E-state index contributed by atoms with van der Waals surface area (Å²) in [5.41, 5.74) is 7.07. The highest BCUT2D eigenvalue weighted by Gasteiger charge is 2.32. The van der Waals surface area contributed by atoms with Crippen LogP contribution < -0.4 is 20.7 Å². The molecular weight excluding hydrogens is 350 g/mol. The first-order valence-electron chi connectivity index (χ1n) is 8.36. The van der Waals surface area contributed by atoms with Crippen molar-refractivity contribution in [1.29, 1.82) is 0 Å². The maximum atomic E-state index is 12.9. The Bertz CT molecular complexity index is 958. The molecule has 2 aromatic heterocycles. The average Bonchev–Trinajstić information content (AvgIpc) is 3.31. The first-order valence-corrected chi connectivity index (χ1v) is 9.24. The van der Waals surface area contributed by atoms with Gasteiger partial charge >= 0.3 is 0 Å². The monoisotopic (exact) mass is 369 g/mol. The van der Waals surface area contributed by atoms with Crippen molar-refractivity contribution >= 4 is 44.7 Å². The minimum absolute atomic E-state index is 0.0611. The summed E-state index contributed by atoms with van der Waals surface area (Å²) < 4.78 is 5.15. The summed E-state index contributed by atoms with van der Waals surface area (Å²) in [7, 11) is 1.56. The standard InChI is InChI=1S/C18H19N5O2S/c1-25-15-5-4-11(9-13(15)19)22-17(24)14-3-2-7-23(14)16-12-6-8-26-18(12)21-10-20-16/h4-6,8-10,14H,2-3,7,19H2,1H3,(H,22,24). The molecule has 1 atom stereocenters. The molecule has 1 saturated heterocycles. The Morgan fingerprint density at radius 3 is 3.08 bits per heavy atom. The summed E-state index contributed by atoms with van der Waals surface area (Å²) >= 11 is 1.57. The highest BCUT2D eigenvalue weighted by atomic mass is 32.1. The lowest BCUT2D eigenvalue weighted by atomic mass is 10.2. The molecule has 0 saturated carbocycles. The Balaban J connectivity index is 1.57. The fourth-order valence-electron chi connectivity index (χ4n) is 3.34. The quantitative estimate of drug-likeness (QED) is 0.687. The molecule has 8 heteroatoms. The number of carbonyl (C=O) groups is 1. The molecule has 0 radical (unpaired) electrons. The number of rotatable bonds is 4. The third kappa shape index (κ3) is 2.92. The summed E-state index contributed by atoms with van der Waals surface area (Å²) in [6.45, 7) is 0.796. The van der Waals surface area contributed by atoms with Crippen LogP contribution in [0.5, 0.6) is 5.75 Å². The van der Waals surface area contributed by atoms with Crippen LogP contribution in [0.2, 0.25) is 0 Å². The van der Waals surface area contributed by atoms with E-state index in [0.717, 1.165) is 35.4 Å². The number of benzene rings is 1. The molecule has 134 valence electrons. The van der Waals surface area contributed by atoms with Crippen molar-refractivity contribution in [1.82, 2.24) is 9.97 Å². The number of fused-ring (bicyclic) bond motifs is 1. The summed E-state index contributed by atoms with van der Waals surface area (Å²) in [4.78, 5) is 24.6. The van der Waals surface area contributed by atoms with Gasteiger partial charge in [-0.3, -0.25) is 4.79 Å². The van der Waals surface area contributed by atoms with Gasteiger partial charge in [-0.2, -0.15) is 0 Å². The lowest BCUT2D eigenvalue weighted by molar-refractivity contribution is -0.117. The molecule has 0 aliphatic carbocycles. The molecule has 3 N–H and O–H groups in total. The molecule has 1 fully saturated rings. The van der Waals surface area contributed by atoms with E-state index in [4.69, 9.17) is 10.5 Å². The lowest BCUT2D eigenvalue weighted by Gasteiger charge is -2.25. The number of anilines is 3. The molecular formula is C18H19N5O2S. The number of nitrogen functional groups attached to an aromatic ring is 1. The van der Waals surface area contributed by atoms with Crippen LogP contribution in [0.4, 0.5) is 17.2 Å². The van der Waals surface area contributed by atoms with Gasteiger partial charge in [-0.25, -0.2) is 9.97 Å². The highest BCUT2D eigenvalue weighted by Crippen LogP contribution is 2.32. The number of methoxy groups -OCH3 is 1. The van der Waals surface area contributed by atoms with Crippen LogP contribution in [-0.4, -0.2) is 35.6 Å². The summed E-state index contributed by atoms with van der Waals surface area (Å²) in [5.74, 6) is 1.35. The van der Waals surface area contributed by atoms with Gasteiger partial charge in [0.2, 0.25) is 5.91 Å². The van der Waals surface area contributed by atoms with Gasteiger partial charge in [0, 0.05) is 12.2 Å². The van der Waals surface area contributed by atoms with E-state index < -0.39 is 0 Å². The van der Waals surface area contributed by atoms with Crippen molar-refractivity contribution in [2.24, 2.45) is 0 Å². The van der Waals surface area contributed by atoms with Gasteiger partial charge in [0.25, 0.3) is 0 Å². The van der Waals surface area contributed by atoms with Crippen LogP contribution in [0.25, 0.3) is 10.2 Å². The normalized spacial score (nSPS) is 16.8. The molecule has 4 rings (SSSR count). The van der Waals surface area contributed by atoms with Gasteiger partial charge in [-0.1, -0.05) is 0 Å². The van der Waals surface area contributed by atoms with Crippen molar-refractivity contribution in [2.75, 3.05) is 29.6 Å². The number of nitrogens with zero attached hydrogens (tertiary/aromatic N) is 3. The van der Waals surface area contributed by atoms with E-state index in [0.29, 0.717) is 17.1 Å². The second-order valence-electron chi connectivity index (χ2n) is 6.13. The van der Waals surface area contributed by atoms with E-state index >= 15 is 0 Å².